The summed E-state index contributed by atoms with van der Waals surface area (Å²) in [5, 5.41) is 90.2. The topological polar surface area (TPSA) is 228 Å². The van der Waals surface area contributed by atoms with Crippen molar-refractivity contribution in [3.8, 4) is 0 Å². The maximum Gasteiger partial charge on any atom is 0.187 e. The fourth-order valence-corrected chi connectivity index (χ4v) is 3.96. The second-order valence-corrected chi connectivity index (χ2v) is 8.30. The third-order valence-electron chi connectivity index (χ3n) is 6.01. The minimum atomic E-state index is -1.74. The lowest BCUT2D eigenvalue weighted by molar-refractivity contribution is -0.384. The van der Waals surface area contributed by atoms with Gasteiger partial charge in [-0.2, -0.15) is 0 Å². The molecule has 3 aliphatic heterocycles. The van der Waals surface area contributed by atoms with Gasteiger partial charge in [-0.25, -0.2) is 0 Å². The van der Waals surface area contributed by atoms with Gasteiger partial charge in [0.1, 0.15) is 61.0 Å². The van der Waals surface area contributed by atoms with E-state index in [2.05, 4.69) is 0 Å². The van der Waals surface area contributed by atoms with E-state index >= 15 is 0 Å². The van der Waals surface area contributed by atoms with Crippen LogP contribution in [0.2, 0.25) is 0 Å². The molecule has 32 heavy (non-hydrogen) atoms. The second-order valence-electron chi connectivity index (χ2n) is 8.30. The quantitative estimate of drug-likeness (QED) is 0.182. The molecule has 14 nitrogen and oxygen atoms in total. The highest BCUT2D eigenvalue weighted by Gasteiger charge is 2.52. The van der Waals surface area contributed by atoms with Crippen molar-refractivity contribution in [2.75, 3.05) is 6.61 Å². The Labute approximate surface area is 183 Å². The molecule has 0 bridgehead atoms. The van der Waals surface area contributed by atoms with Gasteiger partial charge in [0.25, 0.3) is 0 Å². The summed E-state index contributed by atoms with van der Waals surface area (Å²) in [6, 6.07) is 0. The van der Waals surface area contributed by atoms with Crippen molar-refractivity contribution >= 4 is 0 Å². The highest BCUT2D eigenvalue weighted by molar-refractivity contribution is 4.95. The number of ether oxygens (including phenoxy) is 5. The molecule has 0 aromatic rings. The van der Waals surface area contributed by atoms with Gasteiger partial charge in [-0.05, 0) is 13.8 Å². The summed E-state index contributed by atoms with van der Waals surface area (Å²) in [4.78, 5) is 0. The lowest BCUT2D eigenvalue weighted by Gasteiger charge is -2.48. The average molecular weight is 472 g/mol. The molecule has 0 unspecified atom stereocenters. The Morgan fingerprint density at radius 3 is 1.78 bits per heavy atom. The first-order chi connectivity index (χ1) is 15.0. The van der Waals surface area contributed by atoms with Crippen molar-refractivity contribution in [3.05, 3.63) is 0 Å². The standard InChI is InChI=1S/C18H32O14/c1-4-7(20)9(22)13(26)17(29-4)32-15-10(23)8(21)6(3-19)30-18(15)31-14-5(2)28-16(27)12(25)11(14)24/h4-27H,3H2,1-2H3/t4-,5+,6+,7+,8-,9+,10-,11+,12+,13-,14+,15+,16-,17-,18-/m0/s1. The normalized spacial score (nSPS) is 55.0. The molecule has 0 radical (unpaired) electrons. The molecule has 0 spiro atoms. The van der Waals surface area contributed by atoms with Crippen molar-refractivity contribution in [2.24, 2.45) is 0 Å². The van der Waals surface area contributed by atoms with Crippen LogP contribution in [0.1, 0.15) is 13.8 Å². The summed E-state index contributed by atoms with van der Waals surface area (Å²) < 4.78 is 27.2. The Kier molecular flexibility index (Phi) is 8.44. The first-order valence-corrected chi connectivity index (χ1v) is 10.3. The fourth-order valence-electron chi connectivity index (χ4n) is 3.96. The zero-order chi connectivity index (χ0) is 23.9. The van der Waals surface area contributed by atoms with Crippen LogP contribution < -0.4 is 0 Å². The van der Waals surface area contributed by atoms with Crippen LogP contribution in [0.15, 0.2) is 0 Å². The van der Waals surface area contributed by atoms with E-state index < -0.39 is 98.7 Å². The largest absolute Gasteiger partial charge is 0.394 e. The Hall–Kier alpha value is -0.560. The molecule has 15 atom stereocenters. The number of hydrogen-bond donors (Lipinski definition) is 9. The van der Waals surface area contributed by atoms with E-state index in [1.54, 1.807) is 0 Å². The summed E-state index contributed by atoms with van der Waals surface area (Å²) in [5.41, 5.74) is 0. The zero-order valence-electron chi connectivity index (χ0n) is 17.4. The predicted molar refractivity (Wildman–Crippen MR) is 98.4 cm³/mol. The van der Waals surface area contributed by atoms with E-state index in [9.17, 15) is 46.0 Å². The van der Waals surface area contributed by atoms with E-state index in [-0.39, 0.29) is 0 Å². The van der Waals surface area contributed by atoms with Gasteiger partial charge in [-0.15, -0.1) is 0 Å². The monoisotopic (exact) mass is 472 g/mol. The SMILES string of the molecule is C[C@@H]1O[C@@H](O[C@H]2[C@H](O[C@H]3[C@H](O)[C@@H](O)[C@@H](O)O[C@@H]3C)O[C@H](CO)[C@H](O)[C@@H]2O)[C@@H](O)[C@H](O)[C@@H]1O. The summed E-state index contributed by atoms with van der Waals surface area (Å²) in [7, 11) is 0. The van der Waals surface area contributed by atoms with Gasteiger partial charge in [-0.3, -0.25) is 0 Å². The van der Waals surface area contributed by atoms with Gasteiger partial charge in [-0.1, -0.05) is 0 Å². The molecule has 14 heteroatoms. The van der Waals surface area contributed by atoms with Crippen LogP contribution in [0.4, 0.5) is 0 Å². The van der Waals surface area contributed by atoms with Crippen LogP contribution in [0.25, 0.3) is 0 Å². The predicted octanol–water partition coefficient (Wildman–Crippen LogP) is -5.52. The van der Waals surface area contributed by atoms with Gasteiger partial charge < -0.3 is 69.6 Å². The van der Waals surface area contributed by atoms with Crippen LogP contribution in [0.5, 0.6) is 0 Å². The minimum Gasteiger partial charge on any atom is -0.394 e. The minimum absolute atomic E-state index is 0.712. The summed E-state index contributed by atoms with van der Waals surface area (Å²) in [5.74, 6) is 0. The molecular weight excluding hydrogens is 440 g/mol. The molecule has 3 saturated heterocycles. The van der Waals surface area contributed by atoms with Crippen molar-refractivity contribution in [2.45, 2.75) is 106 Å². The van der Waals surface area contributed by atoms with Crippen molar-refractivity contribution in [1.82, 2.24) is 0 Å². The third kappa shape index (κ3) is 4.94. The number of rotatable bonds is 5. The molecular formula is C18H32O14. The first kappa shape index (κ1) is 26.1. The maximum atomic E-state index is 10.6. The van der Waals surface area contributed by atoms with Crippen LogP contribution in [-0.2, 0) is 23.7 Å². The van der Waals surface area contributed by atoms with E-state index in [1.165, 1.54) is 13.8 Å². The molecule has 3 heterocycles. The summed E-state index contributed by atoms with van der Waals surface area (Å²) in [6.45, 7) is 2.14. The molecule has 3 fully saturated rings. The Morgan fingerprint density at radius 1 is 0.562 bits per heavy atom. The molecule has 188 valence electrons. The van der Waals surface area contributed by atoms with Crippen molar-refractivity contribution in [3.63, 3.8) is 0 Å². The zero-order valence-corrected chi connectivity index (χ0v) is 17.4. The van der Waals surface area contributed by atoms with Gasteiger partial charge in [0, 0.05) is 0 Å². The van der Waals surface area contributed by atoms with E-state index in [0.29, 0.717) is 0 Å². The number of aliphatic hydroxyl groups excluding tert-OH is 9. The Morgan fingerprint density at radius 2 is 1.16 bits per heavy atom. The van der Waals surface area contributed by atoms with Crippen LogP contribution in [-0.4, -0.2) is 145 Å². The molecule has 0 aromatic heterocycles. The number of aliphatic hydroxyl groups is 9. The van der Waals surface area contributed by atoms with Crippen molar-refractivity contribution in [1.29, 1.82) is 0 Å². The molecule has 0 saturated carbocycles. The van der Waals surface area contributed by atoms with Gasteiger partial charge in [0.05, 0.1) is 18.8 Å². The molecule has 0 aliphatic carbocycles. The fraction of sp³-hybridized carbons (Fsp3) is 1.00. The van der Waals surface area contributed by atoms with E-state index in [1.807, 2.05) is 0 Å². The highest BCUT2D eigenvalue weighted by Crippen LogP contribution is 2.32. The van der Waals surface area contributed by atoms with Crippen molar-refractivity contribution < 1.29 is 69.6 Å². The van der Waals surface area contributed by atoms with Crippen LogP contribution >= 0.6 is 0 Å². The lowest BCUT2D eigenvalue weighted by atomic mass is 9.96. The Bertz CT molecular complexity index is 610. The maximum absolute atomic E-state index is 10.6. The molecule has 9 N–H and O–H groups in total. The molecule has 0 aromatic carbocycles. The summed E-state index contributed by atoms with van der Waals surface area (Å²) >= 11 is 0. The van der Waals surface area contributed by atoms with Crippen LogP contribution in [0.3, 0.4) is 0 Å². The van der Waals surface area contributed by atoms with Gasteiger partial charge in [0.15, 0.2) is 18.9 Å². The second kappa shape index (κ2) is 10.4. The third-order valence-corrected chi connectivity index (χ3v) is 6.01. The van der Waals surface area contributed by atoms with Crippen LogP contribution in [0, 0.1) is 0 Å². The summed E-state index contributed by atoms with van der Waals surface area (Å²) in [6.07, 6.45) is -22.5. The average Bonchev–Trinajstić information content (AvgIpc) is 2.76. The van der Waals surface area contributed by atoms with E-state index in [0.717, 1.165) is 0 Å². The van der Waals surface area contributed by atoms with E-state index in [4.69, 9.17) is 23.7 Å². The number of hydrogen-bond acceptors (Lipinski definition) is 14. The molecule has 0 amide bonds. The van der Waals surface area contributed by atoms with Gasteiger partial charge in [0.2, 0.25) is 0 Å². The van der Waals surface area contributed by atoms with Gasteiger partial charge >= 0.3 is 0 Å². The lowest BCUT2D eigenvalue weighted by Crippen LogP contribution is -2.66. The molecule has 3 rings (SSSR count). The smallest absolute Gasteiger partial charge is 0.187 e. The highest BCUT2D eigenvalue weighted by atomic mass is 16.8. The molecule has 3 aliphatic rings. The Balaban J connectivity index is 1.81. The first-order valence-electron chi connectivity index (χ1n) is 10.3.